The number of alkyl halides is 3. The molecular weight excluding hydrogens is 369 g/mol. The third-order valence-electron chi connectivity index (χ3n) is 4.17. The van der Waals surface area contributed by atoms with Crippen LogP contribution in [0.25, 0.3) is 11.2 Å². The monoisotopic (exact) mass is 386 g/mol. The van der Waals surface area contributed by atoms with E-state index in [0.29, 0.717) is 5.92 Å². The van der Waals surface area contributed by atoms with Gasteiger partial charge in [0.1, 0.15) is 11.3 Å². The Morgan fingerprint density at radius 3 is 2.65 bits per heavy atom. The van der Waals surface area contributed by atoms with E-state index in [1.165, 1.54) is 30.6 Å². The van der Waals surface area contributed by atoms with Crippen molar-refractivity contribution in [2.24, 2.45) is 0 Å². The zero-order valence-electron chi connectivity index (χ0n) is 13.7. The van der Waals surface area contributed by atoms with Gasteiger partial charge in [0.25, 0.3) is 0 Å². The van der Waals surface area contributed by atoms with Gasteiger partial charge in [-0.1, -0.05) is 18.9 Å². The fraction of sp³-hybridized carbons (Fsp3) is 0.438. The van der Waals surface area contributed by atoms with Crippen molar-refractivity contribution < 1.29 is 23.1 Å². The summed E-state index contributed by atoms with van der Waals surface area (Å²) in [4.78, 5) is 18.4. The zero-order valence-corrected chi connectivity index (χ0v) is 14.5. The molecule has 140 valence electrons. The number of fused-ring (bicyclic) bond motifs is 1. The number of H-pyrrole nitrogens is 1. The first-order valence-corrected chi connectivity index (χ1v) is 8.96. The summed E-state index contributed by atoms with van der Waals surface area (Å²) in [5.74, 6) is -0.972. The molecule has 0 aromatic carbocycles. The van der Waals surface area contributed by atoms with Gasteiger partial charge in [-0.3, -0.25) is 0 Å². The number of aromatic amines is 1. The molecule has 0 unspecified atom stereocenters. The van der Waals surface area contributed by atoms with Gasteiger partial charge in [0.15, 0.2) is 5.65 Å². The van der Waals surface area contributed by atoms with Crippen LogP contribution in [0.15, 0.2) is 23.7 Å². The summed E-state index contributed by atoms with van der Waals surface area (Å²) in [6.45, 7) is 0.816. The minimum Gasteiger partial charge on any atom is -0.475 e. The Labute approximate surface area is 150 Å². The average Bonchev–Trinajstić information content (AvgIpc) is 3.34. The molecule has 0 bridgehead atoms. The smallest absolute Gasteiger partial charge is 0.475 e. The number of aliphatic carboxylic acids is 1. The molecule has 1 aliphatic carbocycles. The lowest BCUT2D eigenvalue weighted by molar-refractivity contribution is -0.192. The molecule has 0 amide bonds. The van der Waals surface area contributed by atoms with Crippen LogP contribution in [0.2, 0.25) is 0 Å². The highest BCUT2D eigenvalue weighted by molar-refractivity contribution is 7.09. The van der Waals surface area contributed by atoms with Crippen LogP contribution in [-0.2, 0) is 11.3 Å². The van der Waals surface area contributed by atoms with E-state index in [2.05, 4.69) is 27.6 Å². The summed E-state index contributed by atoms with van der Waals surface area (Å²) in [5.41, 5.74) is 2.06. The van der Waals surface area contributed by atoms with Crippen LogP contribution in [0, 0.1) is 0 Å². The van der Waals surface area contributed by atoms with E-state index in [9.17, 15) is 13.2 Å². The van der Waals surface area contributed by atoms with E-state index in [1.807, 2.05) is 10.9 Å². The Morgan fingerprint density at radius 1 is 1.38 bits per heavy atom. The average molecular weight is 386 g/mol. The quantitative estimate of drug-likeness (QED) is 0.708. The summed E-state index contributed by atoms with van der Waals surface area (Å²) in [5, 5.41) is 13.7. The van der Waals surface area contributed by atoms with Crippen molar-refractivity contribution in [1.29, 1.82) is 0 Å². The van der Waals surface area contributed by atoms with Gasteiger partial charge >= 0.3 is 12.1 Å². The minimum absolute atomic E-state index is 0.627. The fourth-order valence-corrected chi connectivity index (χ4v) is 3.61. The number of hydrogen-bond donors (Lipinski definition) is 2. The molecule has 0 atom stereocenters. The molecule has 0 spiro atoms. The largest absolute Gasteiger partial charge is 0.490 e. The van der Waals surface area contributed by atoms with Crippen LogP contribution in [-0.4, -0.2) is 37.0 Å². The number of nitrogens with one attached hydrogen (secondary N) is 1. The third kappa shape index (κ3) is 4.24. The molecule has 1 fully saturated rings. The Balaban J connectivity index is 0.000000242. The van der Waals surface area contributed by atoms with E-state index in [4.69, 9.17) is 14.9 Å². The van der Waals surface area contributed by atoms with E-state index in [1.54, 1.807) is 11.3 Å². The lowest BCUT2D eigenvalue weighted by Gasteiger charge is -2.03. The van der Waals surface area contributed by atoms with Crippen LogP contribution in [0.5, 0.6) is 0 Å². The summed E-state index contributed by atoms with van der Waals surface area (Å²) >= 11 is 1.76. The number of thiophene rings is 1. The molecule has 0 radical (unpaired) electrons. The van der Waals surface area contributed by atoms with Gasteiger partial charge in [-0.25, -0.2) is 14.5 Å². The van der Waals surface area contributed by atoms with Crippen molar-refractivity contribution in [3.05, 3.63) is 34.4 Å². The van der Waals surface area contributed by atoms with Gasteiger partial charge in [-0.15, -0.1) is 11.3 Å². The van der Waals surface area contributed by atoms with Crippen LogP contribution < -0.4 is 0 Å². The Kier molecular flexibility index (Phi) is 5.30. The number of imidazole rings is 1. The van der Waals surface area contributed by atoms with Gasteiger partial charge < -0.3 is 10.1 Å². The second-order valence-corrected chi connectivity index (χ2v) is 7.06. The Morgan fingerprint density at radius 2 is 2.08 bits per heavy atom. The third-order valence-corrected chi connectivity index (χ3v) is 5.03. The number of carboxylic acids is 1. The first-order valence-electron chi connectivity index (χ1n) is 8.08. The maximum absolute atomic E-state index is 10.6. The predicted octanol–water partition coefficient (Wildman–Crippen LogP) is 4.16. The normalized spacial score (nSPS) is 15.2. The molecule has 4 rings (SSSR count). The van der Waals surface area contributed by atoms with Crippen LogP contribution in [0.4, 0.5) is 13.2 Å². The van der Waals surface area contributed by atoms with Gasteiger partial charge in [-0.05, 0) is 24.3 Å². The Bertz CT molecular complexity index is 864. The highest BCUT2D eigenvalue weighted by Crippen LogP contribution is 2.33. The molecular formula is C16H17F3N4O2S. The van der Waals surface area contributed by atoms with E-state index in [-0.39, 0.29) is 0 Å². The number of aromatic nitrogens is 4. The first kappa shape index (κ1) is 18.4. The number of rotatable bonds is 3. The van der Waals surface area contributed by atoms with Crippen molar-refractivity contribution in [1.82, 2.24) is 19.7 Å². The molecule has 3 heterocycles. The highest BCUT2D eigenvalue weighted by atomic mass is 32.1. The van der Waals surface area contributed by atoms with Gasteiger partial charge in [0.2, 0.25) is 0 Å². The summed E-state index contributed by atoms with van der Waals surface area (Å²) in [7, 11) is 0. The lowest BCUT2D eigenvalue weighted by atomic mass is 10.1. The molecule has 26 heavy (non-hydrogen) atoms. The number of nitrogens with zero attached hydrogens (tertiary/aromatic N) is 3. The summed E-state index contributed by atoms with van der Waals surface area (Å²) in [6, 6.07) is 4.22. The summed E-state index contributed by atoms with van der Waals surface area (Å²) < 4.78 is 33.7. The van der Waals surface area contributed by atoms with Gasteiger partial charge in [-0.2, -0.15) is 18.3 Å². The minimum atomic E-state index is -5.08. The summed E-state index contributed by atoms with van der Waals surface area (Å²) in [6.07, 6.45) is 2.03. The number of hydrogen-bond acceptors (Lipinski definition) is 4. The molecule has 3 aromatic heterocycles. The maximum Gasteiger partial charge on any atom is 0.490 e. The SMILES string of the molecule is O=C(O)C(F)(F)F.c1csc(Cn2ncc3[nH]c(C4CCCC4)nc32)c1. The number of carboxylic acid groups (broad SMARTS) is 1. The topological polar surface area (TPSA) is 83.8 Å². The molecule has 1 aliphatic rings. The fourth-order valence-electron chi connectivity index (χ4n) is 2.92. The molecule has 1 saturated carbocycles. The van der Waals surface area contributed by atoms with Gasteiger partial charge in [0, 0.05) is 10.8 Å². The lowest BCUT2D eigenvalue weighted by Crippen LogP contribution is -2.21. The van der Waals surface area contributed by atoms with Gasteiger partial charge in [0.05, 0.1) is 12.7 Å². The van der Waals surface area contributed by atoms with E-state index < -0.39 is 12.1 Å². The zero-order chi connectivity index (χ0) is 18.7. The van der Waals surface area contributed by atoms with Crippen LogP contribution in [0.3, 0.4) is 0 Å². The van der Waals surface area contributed by atoms with Crippen LogP contribution in [0.1, 0.15) is 42.3 Å². The standard InChI is InChI=1S/C14H16N4S.C2HF3O2/c1-2-5-10(4-1)13-16-12-8-15-18(14(12)17-13)9-11-6-3-7-19-11;3-2(4,5)1(6)7/h3,6-8,10H,1-2,4-5,9H2,(H,16,17);(H,6,7). The molecule has 10 heteroatoms. The highest BCUT2D eigenvalue weighted by Gasteiger charge is 2.38. The molecule has 2 N–H and O–H groups in total. The van der Waals surface area contributed by atoms with Crippen molar-refractivity contribution in [2.75, 3.05) is 0 Å². The van der Waals surface area contributed by atoms with Crippen molar-refractivity contribution in [2.45, 2.75) is 44.3 Å². The first-order chi connectivity index (χ1) is 12.3. The van der Waals surface area contributed by atoms with Crippen molar-refractivity contribution in [3.63, 3.8) is 0 Å². The van der Waals surface area contributed by atoms with E-state index >= 15 is 0 Å². The maximum atomic E-state index is 10.6. The van der Waals surface area contributed by atoms with Crippen LogP contribution >= 0.6 is 11.3 Å². The molecule has 3 aromatic rings. The number of halogens is 3. The predicted molar refractivity (Wildman–Crippen MR) is 90.2 cm³/mol. The second kappa shape index (κ2) is 7.48. The second-order valence-electron chi connectivity index (χ2n) is 6.03. The molecule has 0 saturated heterocycles. The van der Waals surface area contributed by atoms with Crippen molar-refractivity contribution >= 4 is 28.5 Å². The van der Waals surface area contributed by atoms with E-state index in [0.717, 1.165) is 23.5 Å². The van der Waals surface area contributed by atoms with Crippen molar-refractivity contribution in [3.8, 4) is 0 Å². The molecule has 0 aliphatic heterocycles. The number of carbonyl (C=O) groups is 1. The Hall–Kier alpha value is -2.36. The molecule has 6 nitrogen and oxygen atoms in total.